The smallest absolute Gasteiger partial charge is 0.408 e. The van der Waals surface area contributed by atoms with Gasteiger partial charge >= 0.3 is 24.0 Å². The summed E-state index contributed by atoms with van der Waals surface area (Å²) in [4.78, 5) is 113. The maximum absolute atomic E-state index is 13.5. The van der Waals surface area contributed by atoms with Crippen LogP contribution in [0, 0.1) is 5.92 Å². The molecule has 0 aliphatic rings. The molecule has 304 valence electrons. The van der Waals surface area contributed by atoms with Crippen LogP contribution in [0.5, 0.6) is 0 Å². The third kappa shape index (κ3) is 16.0. The van der Waals surface area contributed by atoms with Gasteiger partial charge in [0, 0.05) is 13.0 Å². The second-order valence-corrected chi connectivity index (χ2v) is 13.0. The average molecular weight is 805 g/mol. The predicted molar refractivity (Wildman–Crippen MR) is 196 cm³/mol. The molecule has 5 atom stereocenters. The van der Waals surface area contributed by atoms with Gasteiger partial charge in [-0.2, -0.15) is 12.6 Å². The van der Waals surface area contributed by atoms with Gasteiger partial charge in [0.05, 0.1) is 6.42 Å². The van der Waals surface area contributed by atoms with Gasteiger partial charge in [0.25, 0.3) is 17.7 Å². The van der Waals surface area contributed by atoms with E-state index in [2.05, 4.69) is 33.9 Å². The van der Waals surface area contributed by atoms with Crippen molar-refractivity contribution in [2.24, 2.45) is 5.92 Å². The fourth-order valence-electron chi connectivity index (χ4n) is 4.73. The standard InChI is InChI=1S/C35H44N6O14S/c1-19(2)27(32(51)40-41(17-26(46)47)34(53)29(56)28(48)33(52)36-16-20-9-5-3-6-10-20)39-30(49)22(13-14-24(42)43)37-31(50)23(15-25(44)45)38-35(54)55-18-21-11-7-4-8-12-21/h3-12,19,22-23,27-29,48,56H,13-18H2,1-2H3,(H,36,52)(H,37,50)(H,38,54)(H,39,49)(H,40,51)(H,42,43)(H,44,45)(H,46,47)/t22-,23-,27-,28-,29+/m0/s1. The first-order valence-corrected chi connectivity index (χ1v) is 17.4. The van der Waals surface area contributed by atoms with Gasteiger partial charge in [-0.25, -0.2) is 9.80 Å². The van der Waals surface area contributed by atoms with E-state index in [1.165, 1.54) is 13.8 Å². The molecule has 6 amide bonds. The Kier molecular flexibility index (Phi) is 18.8. The molecule has 21 heteroatoms. The van der Waals surface area contributed by atoms with Gasteiger partial charge in [-0.05, 0) is 23.5 Å². The van der Waals surface area contributed by atoms with E-state index in [0.717, 1.165) is 0 Å². The zero-order valence-electron chi connectivity index (χ0n) is 30.2. The molecule has 0 aliphatic heterocycles. The van der Waals surface area contributed by atoms with Crippen molar-refractivity contribution in [3.63, 3.8) is 0 Å². The number of hydrazine groups is 1. The Morgan fingerprint density at radius 3 is 1.82 bits per heavy atom. The minimum absolute atomic E-state index is 0.0251. The van der Waals surface area contributed by atoms with Crippen molar-refractivity contribution in [2.75, 3.05) is 6.54 Å². The minimum atomic E-state index is -2.10. The van der Waals surface area contributed by atoms with Gasteiger partial charge < -0.3 is 46.4 Å². The number of amides is 6. The number of carboxylic acid groups (broad SMARTS) is 3. The molecule has 2 aromatic rings. The van der Waals surface area contributed by atoms with Crippen LogP contribution in [0.2, 0.25) is 0 Å². The summed E-state index contributed by atoms with van der Waals surface area (Å²) in [6.07, 6.45) is -5.53. The van der Waals surface area contributed by atoms with Crippen molar-refractivity contribution >= 4 is 66.2 Å². The quantitative estimate of drug-likeness (QED) is 0.0544. The van der Waals surface area contributed by atoms with E-state index >= 15 is 0 Å². The van der Waals surface area contributed by atoms with Crippen LogP contribution in [0.3, 0.4) is 0 Å². The lowest BCUT2D eigenvalue weighted by molar-refractivity contribution is -0.152. The molecule has 9 N–H and O–H groups in total. The second-order valence-electron chi connectivity index (χ2n) is 12.5. The number of aliphatic hydroxyl groups is 1. The summed E-state index contributed by atoms with van der Waals surface area (Å²) in [5.41, 5.74) is 3.28. The Morgan fingerprint density at radius 1 is 0.714 bits per heavy atom. The number of alkyl carbamates (subject to hydrolysis) is 1. The third-order valence-corrected chi connectivity index (χ3v) is 8.16. The number of aliphatic hydroxyl groups excluding tert-OH is 1. The predicted octanol–water partition coefficient (Wildman–Crippen LogP) is -0.833. The number of carbonyl (C=O) groups excluding carboxylic acids is 6. The molecular formula is C35H44N6O14S. The first kappa shape index (κ1) is 45.9. The average Bonchev–Trinajstić information content (AvgIpc) is 3.15. The van der Waals surface area contributed by atoms with Crippen LogP contribution in [0.4, 0.5) is 4.79 Å². The summed E-state index contributed by atoms with van der Waals surface area (Å²) >= 11 is 3.98. The molecule has 0 heterocycles. The van der Waals surface area contributed by atoms with Crippen molar-refractivity contribution in [3.05, 3.63) is 71.8 Å². The SMILES string of the molecule is CC(C)[C@H](NC(=O)[C@H](CCC(=O)O)NC(=O)[C@H](CC(=O)O)NC(=O)OCc1ccccc1)C(=O)NN(CC(=O)O)C(=O)[C@H](S)[C@H](O)C(=O)NCc1ccccc1. The van der Waals surface area contributed by atoms with Gasteiger partial charge in [0.2, 0.25) is 11.8 Å². The van der Waals surface area contributed by atoms with Crippen molar-refractivity contribution in [2.45, 2.75) is 75.7 Å². The van der Waals surface area contributed by atoms with Crippen LogP contribution in [0.15, 0.2) is 60.7 Å². The van der Waals surface area contributed by atoms with Gasteiger partial charge in [-0.3, -0.25) is 43.8 Å². The van der Waals surface area contributed by atoms with Crippen molar-refractivity contribution in [3.8, 4) is 0 Å². The number of ether oxygens (including phenoxy) is 1. The second kappa shape index (κ2) is 22.9. The zero-order chi connectivity index (χ0) is 41.9. The minimum Gasteiger partial charge on any atom is -0.481 e. The van der Waals surface area contributed by atoms with E-state index < -0.39 is 115 Å². The molecule has 0 spiro atoms. The lowest BCUT2D eigenvalue weighted by Gasteiger charge is -2.30. The highest BCUT2D eigenvalue weighted by molar-refractivity contribution is 7.81. The molecule has 0 saturated carbocycles. The first-order valence-electron chi connectivity index (χ1n) is 16.9. The molecule has 20 nitrogen and oxygen atoms in total. The number of rotatable bonds is 21. The molecular weight excluding hydrogens is 760 g/mol. The number of nitrogens with zero attached hydrogens (tertiary/aromatic N) is 1. The number of carboxylic acids is 3. The molecule has 0 aliphatic carbocycles. The highest BCUT2D eigenvalue weighted by Crippen LogP contribution is 2.11. The van der Waals surface area contributed by atoms with Crippen LogP contribution >= 0.6 is 12.6 Å². The summed E-state index contributed by atoms with van der Waals surface area (Å²) in [6, 6.07) is 11.8. The van der Waals surface area contributed by atoms with Crippen molar-refractivity contribution < 1.29 is 68.3 Å². The summed E-state index contributed by atoms with van der Waals surface area (Å²) in [5, 5.41) is 45.9. The van der Waals surface area contributed by atoms with Gasteiger partial charge in [0.15, 0.2) is 6.10 Å². The summed E-state index contributed by atoms with van der Waals surface area (Å²) in [6.45, 7) is 1.44. The summed E-state index contributed by atoms with van der Waals surface area (Å²) < 4.78 is 5.04. The first-order chi connectivity index (χ1) is 26.4. The van der Waals surface area contributed by atoms with E-state index in [0.29, 0.717) is 11.1 Å². The van der Waals surface area contributed by atoms with Gasteiger partial charge in [0.1, 0.15) is 36.5 Å². The van der Waals surface area contributed by atoms with E-state index in [1.54, 1.807) is 60.7 Å². The molecule has 0 unspecified atom stereocenters. The topological polar surface area (TPSA) is 307 Å². The number of nitrogens with one attached hydrogen (secondary N) is 5. The van der Waals surface area contributed by atoms with Crippen LogP contribution in [0.25, 0.3) is 0 Å². The maximum atomic E-state index is 13.5. The Labute approximate surface area is 325 Å². The Balaban J connectivity index is 2.20. The van der Waals surface area contributed by atoms with Crippen LogP contribution in [0.1, 0.15) is 44.2 Å². The monoisotopic (exact) mass is 804 g/mol. The van der Waals surface area contributed by atoms with Crippen LogP contribution in [-0.2, 0) is 56.2 Å². The lowest BCUT2D eigenvalue weighted by atomic mass is 10.0. The van der Waals surface area contributed by atoms with Crippen LogP contribution < -0.4 is 26.7 Å². The fourth-order valence-corrected chi connectivity index (χ4v) is 5.00. The maximum Gasteiger partial charge on any atom is 0.408 e. The highest BCUT2D eigenvalue weighted by Gasteiger charge is 2.37. The Morgan fingerprint density at radius 2 is 1.29 bits per heavy atom. The Bertz CT molecular complexity index is 1710. The van der Waals surface area contributed by atoms with Gasteiger partial charge in [-0.15, -0.1) is 0 Å². The largest absolute Gasteiger partial charge is 0.481 e. The summed E-state index contributed by atoms with van der Waals surface area (Å²) in [7, 11) is 0. The number of thiol groups is 1. The highest BCUT2D eigenvalue weighted by atomic mass is 32.1. The zero-order valence-corrected chi connectivity index (χ0v) is 31.1. The molecule has 2 rings (SSSR count). The van der Waals surface area contributed by atoms with Crippen molar-refractivity contribution in [1.82, 2.24) is 31.7 Å². The Hall–Kier alpha value is -6.22. The fraction of sp³-hybridized carbons (Fsp3) is 0.400. The van der Waals surface area contributed by atoms with E-state index in [9.17, 15) is 63.6 Å². The molecule has 0 saturated heterocycles. The molecule has 0 fully saturated rings. The number of hydrogen-bond donors (Lipinski definition) is 10. The number of benzene rings is 2. The number of hydrogen-bond acceptors (Lipinski definition) is 12. The number of carbonyl (C=O) groups is 9. The summed E-state index contributed by atoms with van der Waals surface area (Å²) in [5.74, 6) is -11.2. The van der Waals surface area contributed by atoms with E-state index in [1.807, 2.05) is 5.43 Å². The van der Waals surface area contributed by atoms with Crippen molar-refractivity contribution in [1.29, 1.82) is 0 Å². The molecule has 56 heavy (non-hydrogen) atoms. The number of aliphatic carboxylic acids is 3. The molecule has 0 radical (unpaired) electrons. The lowest BCUT2D eigenvalue weighted by Crippen LogP contribution is -2.61. The van der Waals surface area contributed by atoms with E-state index in [4.69, 9.17) is 4.74 Å². The van der Waals surface area contributed by atoms with Crippen LogP contribution in [-0.4, -0.2) is 115 Å². The third-order valence-electron chi connectivity index (χ3n) is 7.66. The normalized spacial score (nSPS) is 13.4. The molecule has 2 aromatic carbocycles. The van der Waals surface area contributed by atoms with E-state index in [-0.39, 0.29) is 18.2 Å². The molecule has 0 bridgehead atoms. The molecule has 0 aromatic heterocycles. The van der Waals surface area contributed by atoms with Gasteiger partial charge in [-0.1, -0.05) is 74.5 Å².